The van der Waals surface area contributed by atoms with Crippen molar-refractivity contribution in [2.75, 3.05) is 11.9 Å². The molecule has 0 aliphatic carbocycles. The molecule has 0 saturated carbocycles. The number of phenols is 2. The number of hydrogen-bond acceptors (Lipinski definition) is 4. The second-order valence-electron chi connectivity index (χ2n) is 4.40. The van der Waals surface area contributed by atoms with Crippen molar-refractivity contribution in [3.05, 3.63) is 53.6 Å². The predicted molar refractivity (Wildman–Crippen MR) is 76.8 cm³/mol. The summed E-state index contributed by atoms with van der Waals surface area (Å²) in [6.45, 7) is 0.328. The van der Waals surface area contributed by atoms with E-state index in [-0.39, 0.29) is 23.0 Å². The fourth-order valence-corrected chi connectivity index (χ4v) is 1.97. The smallest absolute Gasteiger partial charge is 0.258 e. The molecule has 2 aromatic carbocycles. The Morgan fingerprint density at radius 2 is 1.85 bits per heavy atom. The minimum absolute atomic E-state index is 0.258. The van der Waals surface area contributed by atoms with Gasteiger partial charge in [0, 0.05) is 24.8 Å². The molecule has 1 amide bonds. The summed E-state index contributed by atoms with van der Waals surface area (Å²) >= 11 is 0. The Labute approximate surface area is 116 Å². The van der Waals surface area contributed by atoms with Gasteiger partial charge in [-0.15, -0.1) is 0 Å². The van der Waals surface area contributed by atoms with E-state index in [4.69, 9.17) is 5.73 Å². The average molecular weight is 272 g/mol. The highest BCUT2D eigenvalue weighted by Gasteiger charge is 2.16. The van der Waals surface area contributed by atoms with E-state index in [1.54, 1.807) is 13.1 Å². The Hall–Kier alpha value is -2.53. The fourth-order valence-electron chi connectivity index (χ4n) is 1.97. The summed E-state index contributed by atoms with van der Waals surface area (Å²) in [6, 6.07) is 11.3. The number of carbonyl (C=O) groups excluding carboxylic acids is 1. The first-order valence-corrected chi connectivity index (χ1v) is 6.12. The quantitative estimate of drug-likeness (QED) is 0.744. The largest absolute Gasteiger partial charge is 0.504 e. The van der Waals surface area contributed by atoms with Gasteiger partial charge in [-0.25, -0.2) is 0 Å². The van der Waals surface area contributed by atoms with Crippen LogP contribution in [0.3, 0.4) is 0 Å². The maximum absolute atomic E-state index is 12.4. The minimum Gasteiger partial charge on any atom is -0.504 e. The van der Waals surface area contributed by atoms with Crippen LogP contribution >= 0.6 is 0 Å². The summed E-state index contributed by atoms with van der Waals surface area (Å²) in [7, 11) is 1.64. The van der Waals surface area contributed by atoms with Gasteiger partial charge in [0.1, 0.15) is 0 Å². The van der Waals surface area contributed by atoms with E-state index in [1.165, 1.54) is 23.1 Å². The molecule has 0 atom stereocenters. The third-order valence-corrected chi connectivity index (χ3v) is 3.10. The van der Waals surface area contributed by atoms with E-state index < -0.39 is 0 Å². The van der Waals surface area contributed by atoms with Gasteiger partial charge in [-0.3, -0.25) is 4.79 Å². The van der Waals surface area contributed by atoms with Crippen LogP contribution in [-0.2, 0) is 6.54 Å². The van der Waals surface area contributed by atoms with Crippen LogP contribution in [0.15, 0.2) is 42.5 Å². The first-order valence-electron chi connectivity index (χ1n) is 6.12. The third kappa shape index (κ3) is 2.57. The summed E-state index contributed by atoms with van der Waals surface area (Å²) in [5.41, 5.74) is 7.52. The lowest BCUT2D eigenvalue weighted by Gasteiger charge is -2.20. The molecule has 5 heteroatoms. The maximum Gasteiger partial charge on any atom is 0.258 e. The summed E-state index contributed by atoms with van der Waals surface area (Å²) in [6.07, 6.45) is 0. The molecule has 2 aromatic rings. The zero-order chi connectivity index (χ0) is 14.7. The van der Waals surface area contributed by atoms with E-state index in [9.17, 15) is 15.0 Å². The molecule has 5 nitrogen and oxygen atoms in total. The lowest BCUT2D eigenvalue weighted by Crippen LogP contribution is -2.27. The van der Waals surface area contributed by atoms with Crippen molar-refractivity contribution in [2.24, 2.45) is 5.73 Å². The topological polar surface area (TPSA) is 86.8 Å². The van der Waals surface area contributed by atoms with Gasteiger partial charge in [-0.05, 0) is 29.8 Å². The summed E-state index contributed by atoms with van der Waals surface area (Å²) in [4.78, 5) is 13.8. The van der Waals surface area contributed by atoms with E-state index in [0.717, 1.165) is 5.56 Å². The minimum atomic E-state index is -0.323. The van der Waals surface area contributed by atoms with Crippen molar-refractivity contribution in [2.45, 2.75) is 6.54 Å². The van der Waals surface area contributed by atoms with E-state index in [1.807, 2.05) is 18.2 Å². The van der Waals surface area contributed by atoms with Gasteiger partial charge < -0.3 is 20.8 Å². The lowest BCUT2D eigenvalue weighted by atomic mass is 10.1. The van der Waals surface area contributed by atoms with Gasteiger partial charge in [0.05, 0.1) is 0 Å². The van der Waals surface area contributed by atoms with Crippen molar-refractivity contribution in [3.8, 4) is 11.5 Å². The molecule has 0 bridgehead atoms. The SMILES string of the molecule is CN(C(=O)c1ccc(O)c(O)c1)c1ccccc1CN. The van der Waals surface area contributed by atoms with Crippen LogP contribution in [0.1, 0.15) is 15.9 Å². The Kier molecular flexibility index (Phi) is 3.91. The Morgan fingerprint density at radius 3 is 2.50 bits per heavy atom. The number of rotatable bonds is 3. The van der Waals surface area contributed by atoms with Crippen LogP contribution in [0.2, 0.25) is 0 Å². The number of phenolic OH excluding ortho intramolecular Hbond substituents is 2. The molecule has 0 radical (unpaired) electrons. The summed E-state index contributed by atoms with van der Waals surface area (Å²) in [5, 5.41) is 18.7. The van der Waals surface area contributed by atoms with Gasteiger partial charge in [-0.1, -0.05) is 18.2 Å². The highest BCUT2D eigenvalue weighted by Crippen LogP contribution is 2.27. The first-order chi connectivity index (χ1) is 9.54. The lowest BCUT2D eigenvalue weighted by molar-refractivity contribution is 0.0992. The number of amides is 1. The molecule has 0 spiro atoms. The van der Waals surface area contributed by atoms with Gasteiger partial charge in [0.2, 0.25) is 0 Å². The van der Waals surface area contributed by atoms with Crippen LogP contribution in [0, 0.1) is 0 Å². The molecule has 104 valence electrons. The van der Waals surface area contributed by atoms with E-state index in [2.05, 4.69) is 0 Å². The predicted octanol–water partition coefficient (Wildman–Crippen LogP) is 1.83. The zero-order valence-electron chi connectivity index (χ0n) is 11.1. The number of benzene rings is 2. The Balaban J connectivity index is 2.34. The standard InChI is InChI=1S/C15H16N2O3/c1-17(12-5-3-2-4-11(12)9-16)15(20)10-6-7-13(18)14(19)8-10/h2-8,18-19H,9,16H2,1H3. The number of nitrogens with two attached hydrogens (primary N) is 1. The molecule has 0 heterocycles. The van der Waals surface area contributed by atoms with Crippen LogP contribution in [0.4, 0.5) is 5.69 Å². The molecule has 0 fully saturated rings. The summed E-state index contributed by atoms with van der Waals surface area (Å²) < 4.78 is 0. The fraction of sp³-hybridized carbons (Fsp3) is 0.133. The number of nitrogens with zero attached hydrogens (tertiary/aromatic N) is 1. The Morgan fingerprint density at radius 1 is 1.15 bits per heavy atom. The average Bonchev–Trinajstić information content (AvgIpc) is 2.48. The van der Waals surface area contributed by atoms with Crippen LogP contribution in [-0.4, -0.2) is 23.2 Å². The molecule has 0 aliphatic heterocycles. The van der Waals surface area contributed by atoms with E-state index in [0.29, 0.717) is 12.2 Å². The zero-order valence-corrected chi connectivity index (χ0v) is 11.1. The normalized spacial score (nSPS) is 10.3. The maximum atomic E-state index is 12.4. The second-order valence-corrected chi connectivity index (χ2v) is 4.40. The van der Waals surface area contributed by atoms with Gasteiger partial charge in [0.15, 0.2) is 11.5 Å². The highest BCUT2D eigenvalue weighted by atomic mass is 16.3. The number of hydrogen-bond donors (Lipinski definition) is 3. The van der Waals surface area contributed by atoms with Crippen LogP contribution in [0.25, 0.3) is 0 Å². The molecule has 2 rings (SSSR count). The highest BCUT2D eigenvalue weighted by molar-refractivity contribution is 6.06. The van der Waals surface area contributed by atoms with Crippen molar-refractivity contribution < 1.29 is 15.0 Å². The van der Waals surface area contributed by atoms with Crippen molar-refractivity contribution in [1.29, 1.82) is 0 Å². The molecule has 0 unspecified atom stereocenters. The summed E-state index contributed by atoms with van der Waals surface area (Å²) in [5.74, 6) is -0.871. The first kappa shape index (κ1) is 13.9. The van der Waals surface area contributed by atoms with Gasteiger partial charge >= 0.3 is 0 Å². The molecule has 0 saturated heterocycles. The number of para-hydroxylation sites is 1. The second kappa shape index (κ2) is 5.63. The van der Waals surface area contributed by atoms with Crippen molar-refractivity contribution in [3.63, 3.8) is 0 Å². The number of anilines is 1. The van der Waals surface area contributed by atoms with Crippen molar-refractivity contribution in [1.82, 2.24) is 0 Å². The van der Waals surface area contributed by atoms with Gasteiger partial charge in [0.25, 0.3) is 5.91 Å². The third-order valence-electron chi connectivity index (χ3n) is 3.10. The Bertz CT molecular complexity index is 641. The molecule has 0 aromatic heterocycles. The van der Waals surface area contributed by atoms with Crippen LogP contribution < -0.4 is 10.6 Å². The number of carbonyl (C=O) groups is 1. The van der Waals surface area contributed by atoms with Crippen molar-refractivity contribution >= 4 is 11.6 Å². The monoisotopic (exact) mass is 272 g/mol. The molecule has 0 aliphatic rings. The van der Waals surface area contributed by atoms with E-state index >= 15 is 0 Å². The number of aromatic hydroxyl groups is 2. The molecular formula is C15H16N2O3. The molecule has 4 N–H and O–H groups in total. The van der Waals surface area contributed by atoms with Gasteiger partial charge in [-0.2, -0.15) is 0 Å². The molecule has 20 heavy (non-hydrogen) atoms. The van der Waals surface area contributed by atoms with Crippen LogP contribution in [0.5, 0.6) is 11.5 Å². The molecular weight excluding hydrogens is 256 g/mol.